The molecule has 0 aromatic heterocycles. The number of unbranched alkanes of at least 4 members (excludes halogenated alkanes) is 29. The molecule has 2 N–H and O–H groups in total. The fourth-order valence-corrected chi connectivity index (χ4v) is 7.01. The SMILES string of the molecule is CCCCCCCCCCCCCCC(CCCCCCCCCC)(CCCCCCCCCCCCCC)C(O)O. The van der Waals surface area contributed by atoms with Crippen molar-refractivity contribution >= 4 is 0 Å². The molecule has 0 aromatic rings. The molecule has 0 radical (unpaired) electrons. The van der Waals surface area contributed by atoms with Gasteiger partial charge in [0.25, 0.3) is 0 Å². The molecule has 42 heavy (non-hydrogen) atoms. The molecule has 0 aliphatic rings. The molecule has 2 nitrogen and oxygen atoms in total. The Morgan fingerprint density at radius 1 is 0.286 bits per heavy atom. The lowest BCUT2D eigenvalue weighted by molar-refractivity contribution is -0.147. The molecule has 0 saturated heterocycles. The summed E-state index contributed by atoms with van der Waals surface area (Å²) in [6.45, 7) is 6.87. The summed E-state index contributed by atoms with van der Waals surface area (Å²) >= 11 is 0. The summed E-state index contributed by atoms with van der Waals surface area (Å²) in [5.74, 6) is 0. The van der Waals surface area contributed by atoms with Gasteiger partial charge in [-0.25, -0.2) is 0 Å². The minimum atomic E-state index is -1.15. The van der Waals surface area contributed by atoms with Crippen molar-refractivity contribution in [2.75, 3.05) is 0 Å². The minimum absolute atomic E-state index is 0.265. The topological polar surface area (TPSA) is 40.5 Å². The van der Waals surface area contributed by atoms with E-state index in [-0.39, 0.29) is 5.41 Å². The maximum Gasteiger partial charge on any atom is 0.157 e. The Labute approximate surface area is 267 Å². The lowest BCUT2D eigenvalue weighted by Gasteiger charge is -2.36. The van der Waals surface area contributed by atoms with Gasteiger partial charge in [0.15, 0.2) is 6.29 Å². The minimum Gasteiger partial charge on any atom is -0.368 e. The van der Waals surface area contributed by atoms with Gasteiger partial charge in [0.05, 0.1) is 0 Å². The molecule has 0 heterocycles. The highest BCUT2D eigenvalue weighted by molar-refractivity contribution is 4.82. The van der Waals surface area contributed by atoms with Crippen molar-refractivity contribution in [3.8, 4) is 0 Å². The van der Waals surface area contributed by atoms with Crippen LogP contribution in [0.25, 0.3) is 0 Å². The molecular formula is C40H82O2. The molecule has 0 aliphatic heterocycles. The first-order valence-corrected chi connectivity index (χ1v) is 20.0. The number of hydrogen-bond donors (Lipinski definition) is 2. The van der Waals surface area contributed by atoms with Crippen LogP contribution in [0.4, 0.5) is 0 Å². The van der Waals surface area contributed by atoms with Gasteiger partial charge in [-0.3, -0.25) is 0 Å². The van der Waals surface area contributed by atoms with Gasteiger partial charge in [-0.05, 0) is 19.3 Å². The fourth-order valence-electron chi connectivity index (χ4n) is 7.01. The molecule has 0 atom stereocenters. The van der Waals surface area contributed by atoms with Gasteiger partial charge < -0.3 is 10.2 Å². The third-order valence-electron chi connectivity index (χ3n) is 10.1. The monoisotopic (exact) mass is 595 g/mol. The van der Waals surface area contributed by atoms with Crippen LogP contribution in [0.15, 0.2) is 0 Å². The first kappa shape index (κ1) is 41.9. The van der Waals surface area contributed by atoms with E-state index in [2.05, 4.69) is 20.8 Å². The average molecular weight is 595 g/mol. The zero-order valence-corrected chi connectivity index (χ0v) is 29.7. The normalized spacial score (nSPS) is 12.1. The van der Waals surface area contributed by atoms with Crippen LogP contribution in [-0.2, 0) is 0 Å². The Morgan fingerprint density at radius 2 is 0.452 bits per heavy atom. The van der Waals surface area contributed by atoms with Crippen molar-refractivity contribution in [3.63, 3.8) is 0 Å². The van der Waals surface area contributed by atoms with Crippen molar-refractivity contribution in [3.05, 3.63) is 0 Å². The predicted octanol–water partition coefficient (Wildman–Crippen LogP) is 14.0. The van der Waals surface area contributed by atoms with E-state index in [0.29, 0.717) is 0 Å². The van der Waals surface area contributed by atoms with Gasteiger partial charge in [0.2, 0.25) is 0 Å². The van der Waals surface area contributed by atoms with E-state index in [0.717, 1.165) is 19.3 Å². The number of aliphatic hydroxyl groups excluding tert-OH is 1. The van der Waals surface area contributed by atoms with Gasteiger partial charge in [0, 0.05) is 5.41 Å². The number of aliphatic hydroxyl groups is 2. The Bertz CT molecular complexity index is 460. The van der Waals surface area contributed by atoms with Gasteiger partial charge in [-0.15, -0.1) is 0 Å². The van der Waals surface area contributed by atoms with Crippen molar-refractivity contribution in [1.29, 1.82) is 0 Å². The van der Waals surface area contributed by atoms with E-state index < -0.39 is 6.29 Å². The molecule has 0 bridgehead atoms. The summed E-state index contributed by atoms with van der Waals surface area (Å²) in [5, 5.41) is 21.3. The molecule has 0 aromatic carbocycles. The molecule has 0 spiro atoms. The summed E-state index contributed by atoms with van der Waals surface area (Å²) in [4.78, 5) is 0. The van der Waals surface area contributed by atoms with Crippen LogP contribution in [0.5, 0.6) is 0 Å². The zero-order chi connectivity index (χ0) is 30.8. The largest absolute Gasteiger partial charge is 0.368 e. The summed E-state index contributed by atoms with van der Waals surface area (Å²) in [6, 6.07) is 0. The Morgan fingerprint density at radius 3 is 0.619 bits per heavy atom. The third kappa shape index (κ3) is 27.5. The smallest absolute Gasteiger partial charge is 0.157 e. The predicted molar refractivity (Wildman–Crippen MR) is 189 cm³/mol. The second kappa shape index (κ2) is 33.8. The second-order valence-electron chi connectivity index (χ2n) is 14.2. The molecule has 0 fully saturated rings. The molecule has 0 aliphatic carbocycles. The Kier molecular flexibility index (Phi) is 33.7. The standard InChI is InChI=1S/C40H82O2/c1-4-7-10-13-16-19-21-23-25-28-31-34-37-40(39(41)42,36-33-30-27-18-15-12-9-6-3)38-35-32-29-26-24-22-20-17-14-11-8-5-2/h39,41-42H,4-38H2,1-3H3. The first-order chi connectivity index (χ1) is 20.6. The van der Waals surface area contributed by atoms with Crippen LogP contribution in [0, 0.1) is 5.41 Å². The Balaban J connectivity index is 4.33. The first-order valence-electron chi connectivity index (χ1n) is 20.0. The maximum absolute atomic E-state index is 10.7. The second-order valence-corrected chi connectivity index (χ2v) is 14.2. The van der Waals surface area contributed by atoms with Gasteiger partial charge >= 0.3 is 0 Å². The molecule has 254 valence electrons. The molecule has 0 saturated carbocycles. The Hall–Kier alpha value is -0.0800. The number of rotatable bonds is 36. The van der Waals surface area contributed by atoms with Crippen molar-refractivity contribution in [1.82, 2.24) is 0 Å². The van der Waals surface area contributed by atoms with Crippen LogP contribution in [0.1, 0.15) is 245 Å². The summed E-state index contributed by atoms with van der Waals surface area (Å²) in [5.41, 5.74) is -0.265. The summed E-state index contributed by atoms with van der Waals surface area (Å²) in [7, 11) is 0. The lowest BCUT2D eigenvalue weighted by atomic mass is 9.73. The van der Waals surface area contributed by atoms with Gasteiger partial charge in [-0.1, -0.05) is 226 Å². The maximum atomic E-state index is 10.7. The van der Waals surface area contributed by atoms with E-state index in [9.17, 15) is 10.2 Å². The number of hydrogen-bond acceptors (Lipinski definition) is 2. The van der Waals surface area contributed by atoms with Crippen molar-refractivity contribution in [2.24, 2.45) is 5.41 Å². The van der Waals surface area contributed by atoms with Crippen LogP contribution >= 0.6 is 0 Å². The van der Waals surface area contributed by atoms with Gasteiger partial charge in [0.1, 0.15) is 0 Å². The van der Waals surface area contributed by atoms with E-state index in [1.807, 2.05) is 0 Å². The van der Waals surface area contributed by atoms with E-state index in [1.54, 1.807) is 0 Å². The summed E-state index contributed by atoms with van der Waals surface area (Å²) < 4.78 is 0. The summed E-state index contributed by atoms with van der Waals surface area (Å²) in [6.07, 6.45) is 45.1. The molecule has 2 heteroatoms. The highest BCUT2D eigenvalue weighted by Crippen LogP contribution is 2.40. The van der Waals surface area contributed by atoms with Crippen molar-refractivity contribution in [2.45, 2.75) is 252 Å². The average Bonchev–Trinajstić information content (AvgIpc) is 2.99. The highest BCUT2D eigenvalue weighted by Gasteiger charge is 2.35. The van der Waals surface area contributed by atoms with Crippen LogP contribution < -0.4 is 0 Å². The van der Waals surface area contributed by atoms with Crippen LogP contribution in [-0.4, -0.2) is 16.5 Å². The van der Waals surface area contributed by atoms with E-state index in [4.69, 9.17) is 0 Å². The zero-order valence-electron chi connectivity index (χ0n) is 29.7. The highest BCUT2D eigenvalue weighted by atomic mass is 16.5. The fraction of sp³-hybridized carbons (Fsp3) is 1.00. The molecule has 0 unspecified atom stereocenters. The van der Waals surface area contributed by atoms with Crippen molar-refractivity contribution < 1.29 is 10.2 Å². The van der Waals surface area contributed by atoms with Gasteiger partial charge in [-0.2, -0.15) is 0 Å². The third-order valence-corrected chi connectivity index (χ3v) is 10.1. The quantitative estimate of drug-likeness (QED) is 0.0559. The molecule has 0 rings (SSSR count). The van der Waals surface area contributed by atoms with Crippen LogP contribution in [0.3, 0.4) is 0 Å². The van der Waals surface area contributed by atoms with E-state index in [1.165, 1.54) is 205 Å². The lowest BCUT2D eigenvalue weighted by Crippen LogP contribution is -2.35. The van der Waals surface area contributed by atoms with Crippen LogP contribution in [0.2, 0.25) is 0 Å². The molecule has 0 amide bonds. The van der Waals surface area contributed by atoms with E-state index >= 15 is 0 Å². The molecular weight excluding hydrogens is 512 g/mol.